The van der Waals surface area contributed by atoms with E-state index in [1.165, 1.54) is 16.8 Å². The van der Waals surface area contributed by atoms with Gasteiger partial charge in [-0.3, -0.25) is 14.3 Å². The van der Waals surface area contributed by atoms with Crippen LogP contribution in [0.1, 0.15) is 16.7 Å². The summed E-state index contributed by atoms with van der Waals surface area (Å²) in [5, 5.41) is 0. The molecule has 1 aliphatic rings. The lowest BCUT2D eigenvalue weighted by molar-refractivity contribution is -0.136. The van der Waals surface area contributed by atoms with Crippen molar-refractivity contribution in [1.82, 2.24) is 9.55 Å². The van der Waals surface area contributed by atoms with Gasteiger partial charge in [0.05, 0.1) is 0 Å². The van der Waals surface area contributed by atoms with Crippen molar-refractivity contribution in [3.05, 3.63) is 140 Å². The highest BCUT2D eigenvalue weighted by molar-refractivity contribution is 5.91. The second kappa shape index (κ2) is 11.0. The van der Waals surface area contributed by atoms with Gasteiger partial charge in [0.25, 0.3) is 11.3 Å². The molecule has 0 unspecified atom stereocenters. The summed E-state index contributed by atoms with van der Waals surface area (Å²) in [5.41, 5.74) is 1.12. The number of allylic oxidation sites excluding steroid dienone is 2. The van der Waals surface area contributed by atoms with Crippen molar-refractivity contribution < 1.29 is 19.0 Å². The maximum absolute atomic E-state index is 12.6. The van der Waals surface area contributed by atoms with Crippen LogP contribution in [-0.4, -0.2) is 15.5 Å². The Morgan fingerprint density at radius 1 is 0.886 bits per heavy atom. The second-order valence-electron chi connectivity index (χ2n) is 7.72. The lowest BCUT2D eigenvalue weighted by Gasteiger charge is -2.10. The van der Waals surface area contributed by atoms with Gasteiger partial charge in [-0.15, -0.1) is 6.58 Å². The van der Waals surface area contributed by atoms with Crippen LogP contribution < -0.4 is 11.2 Å². The van der Waals surface area contributed by atoms with Crippen LogP contribution in [0.4, 0.5) is 0 Å². The number of nitrogens with zero attached hydrogens (tertiary/aromatic N) is 1. The predicted octanol–water partition coefficient (Wildman–Crippen LogP) is 3.35. The van der Waals surface area contributed by atoms with Crippen LogP contribution in [0.25, 0.3) is 0 Å². The van der Waals surface area contributed by atoms with Crippen LogP contribution in [0.5, 0.6) is 0 Å². The van der Waals surface area contributed by atoms with Crippen molar-refractivity contribution in [3.63, 3.8) is 0 Å². The third-order valence-electron chi connectivity index (χ3n) is 5.19. The highest BCUT2D eigenvalue weighted by atomic mass is 16.6. The molecule has 0 amide bonds. The van der Waals surface area contributed by atoms with Crippen LogP contribution in [0.3, 0.4) is 0 Å². The Balaban J connectivity index is 1.61. The molecule has 0 aliphatic carbocycles. The van der Waals surface area contributed by atoms with Gasteiger partial charge in [0.2, 0.25) is 5.76 Å². The molecular weight excluding hydrogens is 448 g/mol. The molecule has 1 aromatic heterocycles. The van der Waals surface area contributed by atoms with Crippen molar-refractivity contribution in [1.29, 1.82) is 0 Å². The second-order valence-corrected chi connectivity index (χ2v) is 7.72. The first-order valence-electron chi connectivity index (χ1n) is 11.0. The number of hydrogen-bond acceptors (Lipinski definition) is 6. The molecule has 4 rings (SSSR count). The van der Waals surface area contributed by atoms with Crippen LogP contribution in [0.2, 0.25) is 0 Å². The predicted molar refractivity (Wildman–Crippen MR) is 129 cm³/mol. The van der Waals surface area contributed by atoms with Gasteiger partial charge in [-0.2, -0.15) is 0 Å². The summed E-state index contributed by atoms with van der Waals surface area (Å²) in [6, 6.07) is 18.9. The molecule has 0 bridgehead atoms. The van der Waals surface area contributed by atoms with Crippen LogP contribution in [-0.2, 0) is 45.2 Å². The zero-order valence-electron chi connectivity index (χ0n) is 18.9. The molecule has 2 heterocycles. The molecule has 178 valence electrons. The van der Waals surface area contributed by atoms with Crippen LogP contribution in [0, 0.1) is 0 Å². The number of nitrogens with one attached hydrogen (secondary N) is 1. The first-order chi connectivity index (χ1) is 17.0. The van der Waals surface area contributed by atoms with E-state index in [1.54, 1.807) is 6.08 Å². The minimum absolute atomic E-state index is 0.0343. The number of rotatable bonds is 10. The average molecular weight is 472 g/mol. The Morgan fingerprint density at radius 3 is 2.09 bits per heavy atom. The minimum Gasteiger partial charge on any atom is -0.481 e. The summed E-state index contributed by atoms with van der Waals surface area (Å²) >= 11 is 0. The van der Waals surface area contributed by atoms with E-state index in [4.69, 9.17) is 14.2 Å². The van der Waals surface area contributed by atoms with Crippen molar-refractivity contribution >= 4 is 5.97 Å². The SMILES string of the molecule is C=CCc1cn(C/C=C2\OC(=O)C(OCc3ccccc3)=C2OCc2ccccc2)c(=O)[nH]c1=O. The van der Waals surface area contributed by atoms with Crippen LogP contribution in [0.15, 0.2) is 112 Å². The van der Waals surface area contributed by atoms with E-state index < -0.39 is 17.2 Å². The molecule has 0 radical (unpaired) electrons. The van der Waals surface area contributed by atoms with E-state index >= 15 is 0 Å². The first-order valence-corrected chi connectivity index (χ1v) is 11.0. The molecular formula is C27H24N2O6. The van der Waals surface area contributed by atoms with Crippen molar-refractivity contribution in [3.8, 4) is 0 Å². The molecule has 0 saturated heterocycles. The van der Waals surface area contributed by atoms with E-state index in [2.05, 4.69) is 11.6 Å². The topological polar surface area (TPSA) is 99.6 Å². The molecule has 8 nitrogen and oxygen atoms in total. The number of aromatic nitrogens is 2. The van der Waals surface area contributed by atoms with E-state index in [9.17, 15) is 14.4 Å². The Bertz CT molecular complexity index is 1380. The smallest absolute Gasteiger partial charge is 0.383 e. The van der Waals surface area contributed by atoms with Gasteiger partial charge < -0.3 is 14.2 Å². The molecule has 2 aromatic carbocycles. The average Bonchev–Trinajstić information content (AvgIpc) is 3.17. The van der Waals surface area contributed by atoms with E-state index in [-0.39, 0.29) is 37.0 Å². The number of benzene rings is 2. The Labute approximate surface area is 201 Å². The fourth-order valence-electron chi connectivity index (χ4n) is 3.42. The summed E-state index contributed by atoms with van der Waals surface area (Å²) in [5.74, 6) is -0.440. The maximum Gasteiger partial charge on any atom is 0.383 e. The zero-order chi connectivity index (χ0) is 24.6. The standard InChI is InChI=1S/C27H24N2O6/c1-2-9-21-16-29(27(32)28-25(21)30)15-14-22-23(33-17-19-10-5-3-6-11-19)24(26(31)35-22)34-18-20-12-7-4-8-13-20/h2-8,10-14,16H,1,9,15,17-18H2,(H,28,30,32)/b22-14-. The number of carbonyl (C=O) groups is 1. The third-order valence-corrected chi connectivity index (χ3v) is 5.19. The third kappa shape index (κ3) is 5.86. The fourth-order valence-corrected chi connectivity index (χ4v) is 3.42. The summed E-state index contributed by atoms with van der Waals surface area (Å²) < 4.78 is 18.5. The monoisotopic (exact) mass is 472 g/mol. The van der Waals surface area contributed by atoms with E-state index in [0.717, 1.165) is 11.1 Å². The van der Waals surface area contributed by atoms with Gasteiger partial charge in [-0.05, 0) is 23.6 Å². The normalized spacial score (nSPS) is 14.2. The Hall–Kier alpha value is -4.59. The number of aromatic amines is 1. The van der Waals surface area contributed by atoms with Gasteiger partial charge in [-0.25, -0.2) is 9.59 Å². The number of cyclic esters (lactones) is 1. The quantitative estimate of drug-likeness (QED) is 0.359. The van der Waals surface area contributed by atoms with Crippen molar-refractivity contribution in [2.75, 3.05) is 0 Å². The molecule has 1 aliphatic heterocycles. The summed E-state index contributed by atoms with van der Waals surface area (Å²) in [6.07, 6.45) is 4.88. The van der Waals surface area contributed by atoms with E-state index in [0.29, 0.717) is 12.0 Å². The van der Waals surface area contributed by atoms with Crippen LogP contribution >= 0.6 is 0 Å². The highest BCUT2D eigenvalue weighted by Crippen LogP contribution is 2.30. The van der Waals surface area contributed by atoms with Crippen molar-refractivity contribution in [2.24, 2.45) is 0 Å². The molecule has 0 atom stereocenters. The molecule has 0 spiro atoms. The number of H-pyrrole nitrogens is 1. The molecule has 1 N–H and O–H groups in total. The molecule has 35 heavy (non-hydrogen) atoms. The molecule has 3 aromatic rings. The highest BCUT2D eigenvalue weighted by Gasteiger charge is 2.34. The zero-order valence-corrected chi connectivity index (χ0v) is 18.9. The Kier molecular flexibility index (Phi) is 7.42. The number of hydrogen-bond donors (Lipinski definition) is 1. The Morgan fingerprint density at radius 2 is 1.49 bits per heavy atom. The number of carbonyl (C=O) groups excluding carboxylic acids is 1. The molecule has 0 saturated carbocycles. The molecule has 0 fully saturated rings. The summed E-state index contributed by atoms with van der Waals surface area (Å²) in [4.78, 5) is 39.1. The summed E-state index contributed by atoms with van der Waals surface area (Å²) in [6.45, 7) is 4.00. The first kappa shape index (κ1) is 23.6. The fraction of sp³-hybridized carbons (Fsp3) is 0.148. The minimum atomic E-state index is -0.684. The largest absolute Gasteiger partial charge is 0.481 e. The van der Waals surface area contributed by atoms with E-state index in [1.807, 2.05) is 60.7 Å². The lowest BCUT2D eigenvalue weighted by atomic mass is 10.2. The lowest BCUT2D eigenvalue weighted by Crippen LogP contribution is -2.31. The van der Waals surface area contributed by atoms with Gasteiger partial charge >= 0.3 is 11.7 Å². The van der Waals surface area contributed by atoms with Crippen molar-refractivity contribution in [2.45, 2.75) is 26.2 Å². The number of esters is 1. The molecule has 8 heteroatoms. The van der Waals surface area contributed by atoms with Gasteiger partial charge in [0, 0.05) is 18.3 Å². The summed E-state index contributed by atoms with van der Waals surface area (Å²) in [7, 11) is 0. The maximum atomic E-state index is 12.6. The van der Waals surface area contributed by atoms with Gasteiger partial charge in [-0.1, -0.05) is 66.7 Å². The van der Waals surface area contributed by atoms with Gasteiger partial charge in [0.15, 0.2) is 5.76 Å². The van der Waals surface area contributed by atoms with Gasteiger partial charge in [0.1, 0.15) is 13.2 Å². The number of ether oxygens (including phenoxy) is 3.